The highest BCUT2D eigenvalue weighted by atomic mass is 127. The lowest BCUT2D eigenvalue weighted by Crippen LogP contribution is -2.18. The number of halogens is 1. The molecule has 0 aromatic heterocycles. The van der Waals surface area contributed by atoms with Crippen LogP contribution in [0.25, 0.3) is 0 Å². The molecule has 1 aromatic carbocycles. The summed E-state index contributed by atoms with van der Waals surface area (Å²) in [5.41, 5.74) is 0.621. The molecule has 0 radical (unpaired) electrons. The maximum absolute atomic E-state index is 11.5. The molecule has 0 N–H and O–H groups in total. The Balaban J connectivity index is 2.59. The first-order valence-corrected chi connectivity index (χ1v) is 6.12. The summed E-state index contributed by atoms with van der Waals surface area (Å²) < 4.78 is 6.13. The molecule has 0 aliphatic rings. The molecule has 2 nitrogen and oxygen atoms in total. The molecule has 1 rings (SSSR count). The van der Waals surface area contributed by atoms with Crippen LogP contribution in [-0.4, -0.2) is 16.5 Å². The SMILES string of the molecule is CCC(CI)OC(=O)c1ccccc1. The fraction of sp³-hybridized carbons (Fsp3) is 0.364. The topological polar surface area (TPSA) is 26.3 Å². The van der Waals surface area contributed by atoms with Gasteiger partial charge in [-0.1, -0.05) is 47.7 Å². The Hall–Kier alpha value is -0.580. The molecule has 1 aromatic rings. The number of benzene rings is 1. The van der Waals surface area contributed by atoms with Crippen molar-refractivity contribution in [2.75, 3.05) is 4.43 Å². The second-order valence-corrected chi connectivity index (χ2v) is 3.84. The third-order valence-electron chi connectivity index (χ3n) is 1.91. The second kappa shape index (κ2) is 6.01. The van der Waals surface area contributed by atoms with Crippen molar-refractivity contribution in [1.29, 1.82) is 0 Å². The van der Waals surface area contributed by atoms with Crippen molar-refractivity contribution in [3.8, 4) is 0 Å². The number of alkyl halides is 1. The lowest BCUT2D eigenvalue weighted by atomic mass is 10.2. The van der Waals surface area contributed by atoms with Crippen LogP contribution in [0.15, 0.2) is 30.3 Å². The molecule has 0 aliphatic carbocycles. The average molecular weight is 304 g/mol. The van der Waals surface area contributed by atoms with Gasteiger partial charge in [0.1, 0.15) is 6.10 Å². The molecule has 76 valence electrons. The van der Waals surface area contributed by atoms with Crippen LogP contribution in [0, 0.1) is 0 Å². The Morgan fingerprint density at radius 2 is 2.07 bits per heavy atom. The average Bonchev–Trinajstić information content (AvgIpc) is 2.26. The van der Waals surface area contributed by atoms with Gasteiger partial charge in [-0.2, -0.15) is 0 Å². The largest absolute Gasteiger partial charge is 0.458 e. The number of hydrogen-bond donors (Lipinski definition) is 0. The van der Waals surface area contributed by atoms with E-state index in [0.717, 1.165) is 10.8 Å². The summed E-state index contributed by atoms with van der Waals surface area (Å²) in [7, 11) is 0. The molecule has 3 heteroatoms. The number of ether oxygens (including phenoxy) is 1. The number of hydrogen-bond acceptors (Lipinski definition) is 2. The molecular weight excluding hydrogens is 291 g/mol. The highest BCUT2D eigenvalue weighted by Gasteiger charge is 2.12. The number of carbonyl (C=O) groups is 1. The fourth-order valence-electron chi connectivity index (χ4n) is 1.02. The quantitative estimate of drug-likeness (QED) is 0.485. The van der Waals surface area contributed by atoms with Crippen LogP contribution in [0.1, 0.15) is 23.7 Å². The summed E-state index contributed by atoms with van der Waals surface area (Å²) >= 11 is 2.23. The van der Waals surface area contributed by atoms with Crippen molar-refractivity contribution in [3.05, 3.63) is 35.9 Å². The van der Waals surface area contributed by atoms with E-state index in [1.807, 2.05) is 25.1 Å². The van der Waals surface area contributed by atoms with E-state index in [1.54, 1.807) is 12.1 Å². The smallest absolute Gasteiger partial charge is 0.338 e. The van der Waals surface area contributed by atoms with Crippen molar-refractivity contribution < 1.29 is 9.53 Å². The van der Waals surface area contributed by atoms with E-state index in [1.165, 1.54) is 0 Å². The zero-order valence-electron chi connectivity index (χ0n) is 8.07. The third-order valence-corrected chi connectivity index (χ3v) is 2.89. The molecule has 0 fully saturated rings. The van der Waals surface area contributed by atoms with Gasteiger partial charge in [0.05, 0.1) is 5.56 Å². The molecule has 0 bridgehead atoms. The van der Waals surface area contributed by atoms with E-state index < -0.39 is 0 Å². The number of carbonyl (C=O) groups excluding carboxylic acids is 1. The van der Waals surface area contributed by atoms with Gasteiger partial charge in [-0.15, -0.1) is 0 Å². The van der Waals surface area contributed by atoms with E-state index in [9.17, 15) is 4.79 Å². The fourth-order valence-corrected chi connectivity index (χ4v) is 1.82. The first-order valence-electron chi connectivity index (χ1n) is 4.60. The molecule has 1 unspecified atom stereocenters. The Morgan fingerprint density at radius 3 is 2.57 bits per heavy atom. The van der Waals surface area contributed by atoms with Gasteiger partial charge in [-0.05, 0) is 18.6 Å². The van der Waals surface area contributed by atoms with E-state index in [0.29, 0.717) is 5.56 Å². The predicted octanol–water partition coefficient (Wildman–Crippen LogP) is 3.06. The standard InChI is InChI=1S/C11H13IO2/c1-2-10(8-12)14-11(13)9-6-4-3-5-7-9/h3-7,10H,2,8H2,1H3. The minimum atomic E-state index is -0.228. The molecule has 0 spiro atoms. The molecule has 0 saturated carbocycles. The predicted molar refractivity (Wildman–Crippen MR) is 64.8 cm³/mol. The van der Waals surface area contributed by atoms with Crippen LogP contribution in [0.5, 0.6) is 0 Å². The minimum Gasteiger partial charge on any atom is -0.458 e. The number of rotatable bonds is 4. The van der Waals surface area contributed by atoms with Crippen molar-refractivity contribution in [2.45, 2.75) is 19.4 Å². The lowest BCUT2D eigenvalue weighted by molar-refractivity contribution is 0.0350. The van der Waals surface area contributed by atoms with E-state index in [-0.39, 0.29) is 12.1 Å². The van der Waals surface area contributed by atoms with Gasteiger partial charge in [0, 0.05) is 4.43 Å². The first kappa shape index (κ1) is 11.5. The van der Waals surface area contributed by atoms with Crippen LogP contribution < -0.4 is 0 Å². The summed E-state index contributed by atoms with van der Waals surface area (Å²) in [5, 5.41) is 0. The summed E-state index contributed by atoms with van der Waals surface area (Å²) in [6.07, 6.45) is 0.893. The summed E-state index contributed by atoms with van der Waals surface area (Å²) in [6.45, 7) is 2.02. The van der Waals surface area contributed by atoms with E-state index in [4.69, 9.17) is 4.74 Å². The zero-order chi connectivity index (χ0) is 10.4. The summed E-state index contributed by atoms with van der Waals surface area (Å²) in [4.78, 5) is 11.5. The second-order valence-electron chi connectivity index (χ2n) is 2.96. The molecular formula is C11H13IO2. The van der Waals surface area contributed by atoms with Crippen molar-refractivity contribution in [1.82, 2.24) is 0 Å². The molecule has 14 heavy (non-hydrogen) atoms. The van der Waals surface area contributed by atoms with Gasteiger partial charge in [-0.25, -0.2) is 4.79 Å². The van der Waals surface area contributed by atoms with Gasteiger partial charge in [-0.3, -0.25) is 0 Å². The summed E-state index contributed by atoms with van der Waals surface area (Å²) in [6, 6.07) is 9.08. The van der Waals surface area contributed by atoms with Gasteiger partial charge < -0.3 is 4.74 Å². The maximum Gasteiger partial charge on any atom is 0.338 e. The van der Waals surface area contributed by atoms with Crippen LogP contribution in [0.3, 0.4) is 0 Å². The molecule has 1 atom stereocenters. The normalized spacial score (nSPS) is 12.1. The maximum atomic E-state index is 11.5. The number of esters is 1. The molecule has 0 saturated heterocycles. The Morgan fingerprint density at radius 1 is 1.43 bits per heavy atom. The first-order chi connectivity index (χ1) is 6.77. The highest BCUT2D eigenvalue weighted by Crippen LogP contribution is 2.08. The molecule has 0 heterocycles. The van der Waals surface area contributed by atoms with Crippen LogP contribution in [-0.2, 0) is 4.74 Å². The minimum absolute atomic E-state index is 0.0308. The van der Waals surface area contributed by atoms with Crippen LogP contribution >= 0.6 is 22.6 Å². The van der Waals surface area contributed by atoms with Crippen molar-refractivity contribution in [3.63, 3.8) is 0 Å². The Kier molecular flexibility index (Phi) is 4.93. The highest BCUT2D eigenvalue weighted by molar-refractivity contribution is 14.1. The van der Waals surface area contributed by atoms with E-state index >= 15 is 0 Å². The Labute approximate surface area is 97.8 Å². The van der Waals surface area contributed by atoms with Gasteiger partial charge >= 0.3 is 5.97 Å². The van der Waals surface area contributed by atoms with E-state index in [2.05, 4.69) is 22.6 Å². The monoisotopic (exact) mass is 304 g/mol. The Bertz CT molecular complexity index is 281. The van der Waals surface area contributed by atoms with Gasteiger partial charge in [0.15, 0.2) is 0 Å². The van der Waals surface area contributed by atoms with Gasteiger partial charge in [0.2, 0.25) is 0 Å². The van der Waals surface area contributed by atoms with Crippen molar-refractivity contribution >= 4 is 28.6 Å². The van der Waals surface area contributed by atoms with Crippen molar-refractivity contribution in [2.24, 2.45) is 0 Å². The molecule has 0 amide bonds. The third kappa shape index (κ3) is 3.29. The molecule has 0 aliphatic heterocycles. The lowest BCUT2D eigenvalue weighted by Gasteiger charge is -2.12. The van der Waals surface area contributed by atoms with Crippen LogP contribution in [0.2, 0.25) is 0 Å². The zero-order valence-corrected chi connectivity index (χ0v) is 10.2. The van der Waals surface area contributed by atoms with Gasteiger partial charge in [0.25, 0.3) is 0 Å². The summed E-state index contributed by atoms with van der Waals surface area (Å²) in [5.74, 6) is -0.228. The van der Waals surface area contributed by atoms with Crippen LogP contribution in [0.4, 0.5) is 0 Å².